The third-order valence-corrected chi connectivity index (χ3v) is 5.58. The SMILES string of the molecule is Nc1cc(Cl)cc(Cl)c1S(=O)(=O)NCC1(O)CCCC1. The molecule has 0 heterocycles. The molecule has 0 aliphatic heterocycles. The summed E-state index contributed by atoms with van der Waals surface area (Å²) in [6.07, 6.45) is 2.95. The summed E-state index contributed by atoms with van der Waals surface area (Å²) in [6.45, 7) is -0.0479. The zero-order chi connectivity index (χ0) is 15.0. The molecule has 8 heteroatoms. The van der Waals surface area contributed by atoms with E-state index in [0.29, 0.717) is 12.8 Å². The molecular weight excluding hydrogens is 323 g/mol. The fourth-order valence-corrected chi connectivity index (χ4v) is 4.48. The minimum atomic E-state index is -3.89. The molecule has 0 spiro atoms. The third-order valence-electron chi connectivity index (χ3n) is 3.43. The minimum Gasteiger partial charge on any atom is -0.398 e. The molecule has 1 aliphatic carbocycles. The van der Waals surface area contributed by atoms with Crippen LogP contribution in [0.1, 0.15) is 25.7 Å². The van der Waals surface area contributed by atoms with Crippen LogP contribution in [0, 0.1) is 0 Å². The van der Waals surface area contributed by atoms with Gasteiger partial charge in [-0.05, 0) is 25.0 Å². The van der Waals surface area contributed by atoms with E-state index in [1.54, 1.807) is 0 Å². The second-order valence-corrected chi connectivity index (χ2v) is 7.61. The lowest BCUT2D eigenvalue weighted by molar-refractivity contribution is 0.0532. The van der Waals surface area contributed by atoms with Gasteiger partial charge in [0.25, 0.3) is 0 Å². The van der Waals surface area contributed by atoms with Gasteiger partial charge in [-0.1, -0.05) is 36.0 Å². The standard InChI is InChI=1S/C12H16Cl2N2O3S/c13-8-5-9(14)11(10(15)6-8)20(18,19)16-7-12(17)3-1-2-4-12/h5-6,16-17H,1-4,7,15H2. The maximum absolute atomic E-state index is 12.3. The van der Waals surface area contributed by atoms with E-state index in [4.69, 9.17) is 28.9 Å². The molecule has 0 bridgehead atoms. The molecule has 1 aromatic carbocycles. The van der Waals surface area contributed by atoms with Gasteiger partial charge in [-0.2, -0.15) is 0 Å². The second kappa shape index (κ2) is 5.69. The topological polar surface area (TPSA) is 92.4 Å². The van der Waals surface area contributed by atoms with Gasteiger partial charge in [0, 0.05) is 11.6 Å². The Kier molecular flexibility index (Phi) is 4.51. The van der Waals surface area contributed by atoms with Crippen LogP contribution in [-0.4, -0.2) is 25.7 Å². The summed E-state index contributed by atoms with van der Waals surface area (Å²) < 4.78 is 26.9. The molecule has 1 fully saturated rings. The Bertz CT molecular complexity index is 590. The first kappa shape index (κ1) is 15.9. The van der Waals surface area contributed by atoms with E-state index >= 15 is 0 Å². The molecule has 0 saturated heterocycles. The first-order valence-corrected chi connectivity index (χ1v) is 8.44. The molecule has 1 saturated carbocycles. The quantitative estimate of drug-likeness (QED) is 0.733. The average Bonchev–Trinajstić information content (AvgIpc) is 2.73. The number of aliphatic hydroxyl groups is 1. The van der Waals surface area contributed by atoms with E-state index in [2.05, 4.69) is 4.72 Å². The van der Waals surface area contributed by atoms with E-state index in [0.717, 1.165) is 12.8 Å². The average molecular weight is 339 g/mol. The Labute approximate surface area is 128 Å². The third kappa shape index (κ3) is 3.38. The number of sulfonamides is 1. The summed E-state index contributed by atoms with van der Waals surface area (Å²) in [6, 6.07) is 2.64. The lowest BCUT2D eigenvalue weighted by atomic mass is 10.0. The summed E-state index contributed by atoms with van der Waals surface area (Å²) in [5.74, 6) is 0. The van der Waals surface area contributed by atoms with Crippen LogP contribution in [0.5, 0.6) is 0 Å². The molecule has 2 rings (SSSR count). The van der Waals surface area contributed by atoms with Gasteiger partial charge in [-0.3, -0.25) is 0 Å². The normalized spacial score (nSPS) is 18.4. The minimum absolute atomic E-state index is 0.0200. The molecule has 0 atom stereocenters. The molecule has 1 aromatic rings. The van der Waals surface area contributed by atoms with Crippen LogP contribution in [0.25, 0.3) is 0 Å². The molecular formula is C12H16Cl2N2O3S. The van der Waals surface area contributed by atoms with Crippen LogP contribution >= 0.6 is 23.2 Å². The Morgan fingerprint density at radius 1 is 1.30 bits per heavy atom. The van der Waals surface area contributed by atoms with Gasteiger partial charge >= 0.3 is 0 Å². The van der Waals surface area contributed by atoms with Crippen molar-refractivity contribution in [2.45, 2.75) is 36.2 Å². The summed E-state index contributed by atoms with van der Waals surface area (Å²) in [5, 5.41) is 10.4. The number of nitrogens with two attached hydrogens (primary N) is 1. The van der Waals surface area contributed by atoms with Gasteiger partial charge in [0.05, 0.1) is 16.3 Å². The van der Waals surface area contributed by atoms with Crippen LogP contribution in [0.4, 0.5) is 5.69 Å². The number of hydrogen-bond donors (Lipinski definition) is 3. The molecule has 0 unspecified atom stereocenters. The first-order chi connectivity index (χ1) is 9.23. The number of benzene rings is 1. The zero-order valence-corrected chi connectivity index (χ0v) is 13.0. The number of nitrogens with one attached hydrogen (secondary N) is 1. The molecule has 112 valence electrons. The Hall–Kier alpha value is -0.530. The van der Waals surface area contributed by atoms with Crippen molar-refractivity contribution in [2.75, 3.05) is 12.3 Å². The van der Waals surface area contributed by atoms with E-state index in [-0.39, 0.29) is 27.2 Å². The highest BCUT2D eigenvalue weighted by molar-refractivity contribution is 7.89. The van der Waals surface area contributed by atoms with Crippen LogP contribution in [0.2, 0.25) is 10.0 Å². The van der Waals surface area contributed by atoms with Crippen molar-refractivity contribution in [3.05, 3.63) is 22.2 Å². The van der Waals surface area contributed by atoms with E-state index in [1.165, 1.54) is 12.1 Å². The monoisotopic (exact) mass is 338 g/mol. The van der Waals surface area contributed by atoms with Gasteiger partial charge < -0.3 is 10.8 Å². The fourth-order valence-electron chi connectivity index (χ4n) is 2.38. The summed E-state index contributed by atoms with van der Waals surface area (Å²) in [7, 11) is -3.89. The van der Waals surface area contributed by atoms with E-state index in [9.17, 15) is 13.5 Å². The lowest BCUT2D eigenvalue weighted by Gasteiger charge is -2.22. The smallest absolute Gasteiger partial charge is 0.244 e. The predicted molar refractivity (Wildman–Crippen MR) is 79.5 cm³/mol. The highest BCUT2D eigenvalue weighted by atomic mass is 35.5. The molecule has 5 nitrogen and oxygen atoms in total. The number of rotatable bonds is 4. The predicted octanol–water partition coefficient (Wildman–Crippen LogP) is 2.16. The van der Waals surface area contributed by atoms with Gasteiger partial charge in [0.15, 0.2) is 0 Å². The van der Waals surface area contributed by atoms with Crippen molar-refractivity contribution < 1.29 is 13.5 Å². The molecule has 1 aliphatic rings. The largest absolute Gasteiger partial charge is 0.398 e. The van der Waals surface area contributed by atoms with Crippen molar-refractivity contribution in [3.8, 4) is 0 Å². The van der Waals surface area contributed by atoms with Gasteiger partial charge in [-0.15, -0.1) is 0 Å². The zero-order valence-electron chi connectivity index (χ0n) is 10.7. The molecule has 0 radical (unpaired) electrons. The van der Waals surface area contributed by atoms with Crippen LogP contribution < -0.4 is 10.5 Å². The molecule has 0 amide bonds. The fraction of sp³-hybridized carbons (Fsp3) is 0.500. The Morgan fingerprint density at radius 3 is 2.45 bits per heavy atom. The Morgan fingerprint density at radius 2 is 1.90 bits per heavy atom. The van der Waals surface area contributed by atoms with Crippen LogP contribution in [-0.2, 0) is 10.0 Å². The lowest BCUT2D eigenvalue weighted by Crippen LogP contribution is -2.40. The summed E-state index contributed by atoms with van der Waals surface area (Å²) in [5.41, 5.74) is 4.67. The highest BCUT2D eigenvalue weighted by Gasteiger charge is 2.33. The van der Waals surface area contributed by atoms with Crippen molar-refractivity contribution in [3.63, 3.8) is 0 Å². The molecule has 20 heavy (non-hydrogen) atoms. The Balaban J connectivity index is 2.23. The van der Waals surface area contributed by atoms with Gasteiger partial charge in [0.1, 0.15) is 4.90 Å². The van der Waals surface area contributed by atoms with Crippen LogP contribution in [0.15, 0.2) is 17.0 Å². The first-order valence-electron chi connectivity index (χ1n) is 6.20. The summed E-state index contributed by atoms with van der Waals surface area (Å²) in [4.78, 5) is -0.204. The van der Waals surface area contributed by atoms with E-state index in [1.807, 2.05) is 0 Å². The van der Waals surface area contributed by atoms with Crippen molar-refractivity contribution >= 4 is 38.9 Å². The number of anilines is 1. The van der Waals surface area contributed by atoms with E-state index < -0.39 is 15.6 Å². The van der Waals surface area contributed by atoms with Crippen molar-refractivity contribution in [1.82, 2.24) is 4.72 Å². The van der Waals surface area contributed by atoms with Gasteiger partial charge in [-0.25, -0.2) is 13.1 Å². The number of halogens is 2. The number of hydrogen-bond acceptors (Lipinski definition) is 4. The number of nitrogen functional groups attached to an aromatic ring is 1. The van der Waals surface area contributed by atoms with Crippen LogP contribution in [0.3, 0.4) is 0 Å². The maximum Gasteiger partial charge on any atom is 0.244 e. The highest BCUT2D eigenvalue weighted by Crippen LogP contribution is 2.32. The van der Waals surface area contributed by atoms with Crippen molar-refractivity contribution in [1.29, 1.82) is 0 Å². The summed E-state index contributed by atoms with van der Waals surface area (Å²) >= 11 is 11.7. The molecule has 4 N–H and O–H groups in total. The van der Waals surface area contributed by atoms with Gasteiger partial charge in [0.2, 0.25) is 10.0 Å². The van der Waals surface area contributed by atoms with Crippen molar-refractivity contribution in [2.24, 2.45) is 0 Å². The second-order valence-electron chi connectivity index (χ2n) is 5.06. The maximum atomic E-state index is 12.3. The molecule has 0 aromatic heterocycles.